The molecule has 0 aliphatic rings. The summed E-state index contributed by atoms with van der Waals surface area (Å²) in [5.41, 5.74) is 0. The van der Waals surface area contributed by atoms with E-state index in [0.29, 0.717) is 6.61 Å². The zero-order valence-corrected chi connectivity index (χ0v) is 16.3. The van der Waals surface area contributed by atoms with Crippen molar-refractivity contribution in [2.45, 2.75) is 90.9 Å². The number of allylic oxidation sites excluding steroid dienone is 4. The number of rotatable bonds is 18. The molecule has 0 aliphatic heterocycles. The summed E-state index contributed by atoms with van der Waals surface area (Å²) >= 11 is 0. The molecule has 1 atom stereocenters. The first-order chi connectivity index (χ1) is 11.8. The van der Waals surface area contributed by atoms with Gasteiger partial charge in [-0.05, 0) is 38.5 Å². The van der Waals surface area contributed by atoms with Crippen LogP contribution >= 0.6 is 0 Å². The number of aliphatic hydroxyl groups excluding tert-OH is 1. The maximum atomic E-state index is 8.89. The molecule has 0 bridgehead atoms. The average Bonchev–Trinajstić information content (AvgIpc) is 2.60. The number of aliphatic hydroxyl groups is 1. The smallest absolute Gasteiger partial charge is 0.0513 e. The van der Waals surface area contributed by atoms with Crippen LogP contribution in [-0.4, -0.2) is 24.9 Å². The molecule has 0 aromatic rings. The first-order valence-corrected chi connectivity index (χ1v) is 10.3. The number of ether oxygens (including phenoxy) is 1. The SMILES string of the molecule is CCCCCC=CC/C=C\CCCCCCCCOC[C@@H](C)CO. The largest absolute Gasteiger partial charge is 0.396 e. The van der Waals surface area contributed by atoms with E-state index in [2.05, 4.69) is 31.2 Å². The normalized spacial score (nSPS) is 13.3. The highest BCUT2D eigenvalue weighted by atomic mass is 16.5. The van der Waals surface area contributed by atoms with Crippen LogP contribution in [0.3, 0.4) is 0 Å². The first kappa shape index (κ1) is 23.4. The van der Waals surface area contributed by atoms with Crippen LogP contribution in [-0.2, 0) is 4.74 Å². The summed E-state index contributed by atoms with van der Waals surface area (Å²) in [4.78, 5) is 0. The van der Waals surface area contributed by atoms with Gasteiger partial charge in [-0.3, -0.25) is 0 Å². The summed E-state index contributed by atoms with van der Waals surface area (Å²) in [5.74, 6) is 0.273. The maximum absolute atomic E-state index is 8.89. The van der Waals surface area contributed by atoms with Gasteiger partial charge < -0.3 is 9.84 Å². The minimum atomic E-state index is 0.226. The topological polar surface area (TPSA) is 29.5 Å². The van der Waals surface area contributed by atoms with E-state index in [1.54, 1.807) is 0 Å². The van der Waals surface area contributed by atoms with Crippen molar-refractivity contribution in [2.75, 3.05) is 19.8 Å². The van der Waals surface area contributed by atoms with E-state index >= 15 is 0 Å². The van der Waals surface area contributed by atoms with E-state index in [1.807, 2.05) is 6.92 Å². The molecule has 2 nitrogen and oxygen atoms in total. The molecule has 2 heteroatoms. The second-order valence-corrected chi connectivity index (χ2v) is 6.95. The summed E-state index contributed by atoms with van der Waals surface area (Å²) < 4.78 is 5.53. The van der Waals surface area contributed by atoms with Crippen molar-refractivity contribution in [1.29, 1.82) is 0 Å². The van der Waals surface area contributed by atoms with Crippen LogP contribution in [0.25, 0.3) is 0 Å². The van der Waals surface area contributed by atoms with E-state index in [4.69, 9.17) is 9.84 Å². The quantitative estimate of drug-likeness (QED) is 0.230. The van der Waals surface area contributed by atoms with Crippen molar-refractivity contribution in [3.8, 4) is 0 Å². The van der Waals surface area contributed by atoms with Gasteiger partial charge >= 0.3 is 0 Å². The van der Waals surface area contributed by atoms with E-state index in [0.717, 1.165) is 19.4 Å². The Bertz CT molecular complexity index is 284. The Morgan fingerprint density at radius 3 is 2.00 bits per heavy atom. The maximum Gasteiger partial charge on any atom is 0.0513 e. The Hall–Kier alpha value is -0.600. The molecule has 0 aromatic heterocycles. The summed E-state index contributed by atoms with van der Waals surface area (Å²) in [6, 6.07) is 0. The van der Waals surface area contributed by atoms with Crippen molar-refractivity contribution in [2.24, 2.45) is 5.92 Å². The molecule has 0 unspecified atom stereocenters. The van der Waals surface area contributed by atoms with Gasteiger partial charge in [-0.1, -0.05) is 76.7 Å². The average molecular weight is 339 g/mol. The molecule has 0 aromatic carbocycles. The molecule has 0 amide bonds. The van der Waals surface area contributed by atoms with E-state index < -0.39 is 0 Å². The predicted octanol–water partition coefficient (Wildman–Crippen LogP) is 6.44. The highest BCUT2D eigenvalue weighted by molar-refractivity contribution is 4.92. The van der Waals surface area contributed by atoms with Gasteiger partial charge in [0.2, 0.25) is 0 Å². The third-order valence-electron chi connectivity index (χ3n) is 4.20. The Morgan fingerprint density at radius 2 is 1.38 bits per heavy atom. The molecule has 0 radical (unpaired) electrons. The molecule has 0 saturated heterocycles. The van der Waals surface area contributed by atoms with Crippen molar-refractivity contribution in [3.63, 3.8) is 0 Å². The monoisotopic (exact) mass is 338 g/mol. The summed E-state index contributed by atoms with van der Waals surface area (Å²) in [6.07, 6.45) is 24.6. The third kappa shape index (κ3) is 19.4. The third-order valence-corrected chi connectivity index (χ3v) is 4.20. The van der Waals surface area contributed by atoms with Crippen molar-refractivity contribution < 1.29 is 9.84 Å². The molecule has 1 N–H and O–H groups in total. The molecule has 0 aliphatic carbocycles. The van der Waals surface area contributed by atoms with Gasteiger partial charge in [0.15, 0.2) is 0 Å². The second-order valence-electron chi connectivity index (χ2n) is 6.95. The lowest BCUT2D eigenvalue weighted by molar-refractivity contribution is 0.0775. The second kappa shape index (κ2) is 20.4. The van der Waals surface area contributed by atoms with Crippen molar-refractivity contribution >= 4 is 0 Å². The minimum Gasteiger partial charge on any atom is -0.396 e. The number of unbranched alkanes of at least 4 members (excludes halogenated alkanes) is 9. The standard InChI is InChI=1S/C22H42O2/c1-3-4-5-6-7-8-9-10-11-12-13-14-15-16-17-18-19-24-21-22(2)20-23/h7-8,10-11,22-23H,3-6,9,12-21H2,1-2H3/b8-7?,11-10-/t22-/m0/s1. The molecular weight excluding hydrogens is 296 g/mol. The van der Waals surface area contributed by atoms with Crippen LogP contribution in [0, 0.1) is 5.92 Å². The van der Waals surface area contributed by atoms with E-state index in [-0.39, 0.29) is 12.5 Å². The summed E-state index contributed by atoms with van der Waals surface area (Å²) in [7, 11) is 0. The lowest BCUT2D eigenvalue weighted by Gasteiger charge is -2.08. The van der Waals surface area contributed by atoms with Gasteiger partial charge in [0.25, 0.3) is 0 Å². The van der Waals surface area contributed by atoms with E-state index in [9.17, 15) is 0 Å². The molecule has 0 saturated carbocycles. The van der Waals surface area contributed by atoms with Gasteiger partial charge in [-0.2, -0.15) is 0 Å². The molecule has 0 heterocycles. The highest BCUT2D eigenvalue weighted by Crippen LogP contribution is 2.08. The van der Waals surface area contributed by atoms with Crippen molar-refractivity contribution in [3.05, 3.63) is 24.3 Å². The fourth-order valence-corrected chi connectivity index (χ4v) is 2.53. The van der Waals surface area contributed by atoms with E-state index in [1.165, 1.54) is 64.2 Å². The van der Waals surface area contributed by atoms with Gasteiger partial charge in [0.05, 0.1) is 6.61 Å². The van der Waals surface area contributed by atoms with Gasteiger partial charge in [0, 0.05) is 19.1 Å². The lowest BCUT2D eigenvalue weighted by Crippen LogP contribution is -2.10. The fourth-order valence-electron chi connectivity index (χ4n) is 2.53. The first-order valence-electron chi connectivity index (χ1n) is 10.3. The fraction of sp³-hybridized carbons (Fsp3) is 0.818. The van der Waals surface area contributed by atoms with Crippen LogP contribution in [0.1, 0.15) is 90.9 Å². The van der Waals surface area contributed by atoms with Crippen molar-refractivity contribution in [1.82, 2.24) is 0 Å². The lowest BCUT2D eigenvalue weighted by atomic mass is 10.1. The molecule has 0 fully saturated rings. The van der Waals surface area contributed by atoms with Gasteiger partial charge in [-0.15, -0.1) is 0 Å². The molecular formula is C22H42O2. The number of hydrogen-bond acceptors (Lipinski definition) is 2. The summed E-state index contributed by atoms with van der Waals surface area (Å²) in [6.45, 7) is 6.03. The number of hydrogen-bond donors (Lipinski definition) is 1. The van der Waals surface area contributed by atoms with Crippen LogP contribution in [0.5, 0.6) is 0 Å². The Balaban J connectivity index is 3.15. The Morgan fingerprint density at radius 1 is 0.792 bits per heavy atom. The van der Waals surface area contributed by atoms with Gasteiger partial charge in [-0.25, -0.2) is 0 Å². The van der Waals surface area contributed by atoms with Crippen LogP contribution < -0.4 is 0 Å². The Labute approximate surface area is 151 Å². The zero-order chi connectivity index (χ0) is 17.7. The minimum absolute atomic E-state index is 0.226. The van der Waals surface area contributed by atoms with Crippen LogP contribution in [0.15, 0.2) is 24.3 Å². The highest BCUT2D eigenvalue weighted by Gasteiger charge is 1.98. The van der Waals surface area contributed by atoms with Crippen LogP contribution in [0.4, 0.5) is 0 Å². The predicted molar refractivity (Wildman–Crippen MR) is 106 cm³/mol. The molecule has 24 heavy (non-hydrogen) atoms. The molecule has 142 valence electrons. The Kier molecular flexibility index (Phi) is 19.9. The van der Waals surface area contributed by atoms with Crippen LogP contribution in [0.2, 0.25) is 0 Å². The van der Waals surface area contributed by atoms with Gasteiger partial charge in [0.1, 0.15) is 0 Å². The molecule has 0 rings (SSSR count). The molecule has 0 spiro atoms. The zero-order valence-electron chi connectivity index (χ0n) is 16.3. The summed E-state index contributed by atoms with van der Waals surface area (Å²) in [5, 5.41) is 8.89.